The monoisotopic (exact) mass is 263 g/mol. The lowest BCUT2D eigenvalue weighted by molar-refractivity contribution is -0.173. The standard InChI is InChI=1S/C13H22O5/c1-5-13(9-8-10(4)14,11(15)17-6-2)12(16)18-7-3/h5-9H2,1-4H3/i1D3,5D2. The fourth-order valence-corrected chi connectivity index (χ4v) is 1.32. The maximum Gasteiger partial charge on any atom is 0.323 e. The van der Waals surface area contributed by atoms with Crippen LogP contribution >= 0.6 is 0 Å². The second-order valence-electron chi connectivity index (χ2n) is 3.67. The largest absolute Gasteiger partial charge is 0.465 e. The van der Waals surface area contributed by atoms with Crippen LogP contribution < -0.4 is 0 Å². The van der Waals surface area contributed by atoms with E-state index < -0.39 is 42.8 Å². The molecule has 104 valence electrons. The van der Waals surface area contributed by atoms with E-state index in [-0.39, 0.29) is 19.6 Å². The summed E-state index contributed by atoms with van der Waals surface area (Å²) in [7, 11) is 0. The summed E-state index contributed by atoms with van der Waals surface area (Å²) in [6, 6.07) is 0. The van der Waals surface area contributed by atoms with Gasteiger partial charge in [0.1, 0.15) is 5.78 Å². The van der Waals surface area contributed by atoms with Gasteiger partial charge in [0.05, 0.1) is 13.2 Å². The van der Waals surface area contributed by atoms with Gasteiger partial charge in [0, 0.05) is 13.3 Å². The molecule has 0 aromatic carbocycles. The molecule has 0 atom stereocenters. The summed E-state index contributed by atoms with van der Waals surface area (Å²) in [5, 5.41) is 0. The number of esters is 2. The van der Waals surface area contributed by atoms with Crippen molar-refractivity contribution in [1.29, 1.82) is 0 Å². The number of ether oxygens (including phenoxy) is 2. The van der Waals surface area contributed by atoms with Crippen molar-refractivity contribution in [3.05, 3.63) is 0 Å². The van der Waals surface area contributed by atoms with Crippen molar-refractivity contribution in [1.82, 2.24) is 0 Å². The predicted molar refractivity (Wildman–Crippen MR) is 65.9 cm³/mol. The average molecular weight is 263 g/mol. The first-order valence-electron chi connectivity index (χ1n) is 8.22. The molecule has 0 saturated carbocycles. The van der Waals surface area contributed by atoms with Crippen molar-refractivity contribution in [2.45, 2.75) is 46.8 Å². The molecule has 0 saturated heterocycles. The van der Waals surface area contributed by atoms with Crippen LogP contribution in [0.25, 0.3) is 0 Å². The molecule has 18 heavy (non-hydrogen) atoms. The van der Waals surface area contributed by atoms with Gasteiger partial charge in [0.15, 0.2) is 5.41 Å². The zero-order valence-electron chi connectivity index (χ0n) is 15.9. The third kappa shape index (κ3) is 4.13. The van der Waals surface area contributed by atoms with E-state index in [1.165, 1.54) is 20.8 Å². The van der Waals surface area contributed by atoms with E-state index in [4.69, 9.17) is 16.3 Å². The summed E-state index contributed by atoms with van der Waals surface area (Å²) in [4.78, 5) is 36.0. The van der Waals surface area contributed by atoms with Crippen LogP contribution in [0, 0.1) is 5.41 Å². The van der Waals surface area contributed by atoms with Crippen LogP contribution in [0.5, 0.6) is 0 Å². The third-order valence-corrected chi connectivity index (χ3v) is 2.31. The van der Waals surface area contributed by atoms with Crippen molar-refractivity contribution in [2.24, 2.45) is 5.41 Å². The number of rotatable bonds is 8. The van der Waals surface area contributed by atoms with E-state index in [0.29, 0.717) is 0 Å². The van der Waals surface area contributed by atoms with E-state index in [2.05, 4.69) is 0 Å². The van der Waals surface area contributed by atoms with Crippen LogP contribution in [0.1, 0.15) is 53.7 Å². The van der Waals surface area contributed by atoms with Crippen molar-refractivity contribution >= 4 is 17.7 Å². The SMILES string of the molecule is [2H]C([2H])([2H])C([2H])([2H])C(CCC(C)=O)(C(=O)OCC)C(=O)OCC. The Morgan fingerprint density at radius 2 is 1.67 bits per heavy atom. The van der Waals surface area contributed by atoms with Gasteiger partial charge in [0.2, 0.25) is 0 Å². The lowest BCUT2D eigenvalue weighted by Gasteiger charge is -2.27. The molecule has 0 radical (unpaired) electrons. The molecule has 0 aromatic heterocycles. The minimum atomic E-state index is -3.30. The van der Waals surface area contributed by atoms with Crippen LogP contribution in [0.15, 0.2) is 0 Å². The van der Waals surface area contributed by atoms with Gasteiger partial charge in [-0.2, -0.15) is 0 Å². The fraction of sp³-hybridized carbons (Fsp3) is 0.769. The molecule has 0 heterocycles. The van der Waals surface area contributed by atoms with Crippen molar-refractivity contribution in [3.8, 4) is 0 Å². The molecule has 0 aliphatic rings. The number of hydrogen-bond donors (Lipinski definition) is 0. The first-order valence-corrected chi connectivity index (χ1v) is 5.72. The van der Waals surface area contributed by atoms with Gasteiger partial charge in [0.25, 0.3) is 0 Å². The molecule has 0 N–H and O–H groups in total. The maximum absolute atomic E-state index is 12.4. The second kappa shape index (κ2) is 7.84. The van der Waals surface area contributed by atoms with Gasteiger partial charge >= 0.3 is 11.9 Å². The van der Waals surface area contributed by atoms with Crippen LogP contribution in [0.2, 0.25) is 0 Å². The Morgan fingerprint density at radius 1 is 1.17 bits per heavy atom. The Hall–Kier alpha value is -1.39. The number of carbonyl (C=O) groups excluding carboxylic acids is 3. The van der Waals surface area contributed by atoms with Crippen LogP contribution in [0.4, 0.5) is 0 Å². The van der Waals surface area contributed by atoms with Crippen LogP contribution in [0.3, 0.4) is 0 Å². The van der Waals surface area contributed by atoms with Gasteiger partial charge in [-0.1, -0.05) is 6.85 Å². The summed E-state index contributed by atoms with van der Waals surface area (Å²) in [5.41, 5.74) is -2.74. The van der Waals surface area contributed by atoms with Crippen LogP contribution in [-0.4, -0.2) is 30.9 Å². The summed E-state index contributed by atoms with van der Waals surface area (Å²) < 4.78 is 47.5. The molecule has 0 unspecified atom stereocenters. The quantitative estimate of drug-likeness (QED) is 0.494. The highest BCUT2D eigenvalue weighted by atomic mass is 16.6. The Kier molecular flexibility index (Phi) is 4.15. The van der Waals surface area contributed by atoms with Crippen molar-refractivity contribution < 1.29 is 30.7 Å². The number of hydrogen-bond acceptors (Lipinski definition) is 5. The Labute approximate surface area is 115 Å². The lowest BCUT2D eigenvalue weighted by atomic mass is 9.80. The molecule has 0 aliphatic heterocycles. The average Bonchev–Trinajstić information content (AvgIpc) is 2.38. The Bertz CT molecular complexity index is 440. The second-order valence-corrected chi connectivity index (χ2v) is 3.67. The predicted octanol–water partition coefficient (Wildman–Crippen LogP) is 1.88. The lowest BCUT2D eigenvalue weighted by Crippen LogP contribution is -2.42. The first-order chi connectivity index (χ1) is 10.4. The summed E-state index contributed by atoms with van der Waals surface area (Å²) in [5.74, 6) is -3.12. The number of Topliss-reactive ketones (excluding diaryl/α,β-unsaturated/α-hetero) is 1. The molecule has 0 bridgehead atoms. The summed E-state index contributed by atoms with van der Waals surface area (Å²) >= 11 is 0. The molecule has 0 aromatic rings. The molecule has 0 rings (SSSR count). The van der Waals surface area contributed by atoms with Crippen LogP contribution in [-0.2, 0) is 23.9 Å². The maximum atomic E-state index is 12.4. The van der Waals surface area contributed by atoms with E-state index in [0.717, 1.165) is 0 Å². The van der Waals surface area contributed by atoms with E-state index in [1.807, 2.05) is 0 Å². The zero-order chi connectivity index (χ0) is 18.5. The minimum Gasteiger partial charge on any atom is -0.465 e. The molecule has 0 amide bonds. The van der Waals surface area contributed by atoms with E-state index in [9.17, 15) is 14.4 Å². The first kappa shape index (κ1) is 9.53. The number of carbonyl (C=O) groups is 3. The van der Waals surface area contributed by atoms with Gasteiger partial charge in [-0.15, -0.1) is 0 Å². The van der Waals surface area contributed by atoms with E-state index >= 15 is 0 Å². The number of ketones is 1. The Balaban J connectivity index is 6.28. The molecule has 0 spiro atoms. The molecule has 5 nitrogen and oxygen atoms in total. The minimum absolute atomic E-state index is 0.183. The van der Waals surface area contributed by atoms with Gasteiger partial charge < -0.3 is 14.3 Å². The third-order valence-electron chi connectivity index (χ3n) is 2.31. The highest BCUT2D eigenvalue weighted by Gasteiger charge is 2.47. The Morgan fingerprint density at radius 3 is 2.00 bits per heavy atom. The highest BCUT2D eigenvalue weighted by molar-refractivity contribution is 6.00. The summed E-state index contributed by atoms with van der Waals surface area (Å²) in [6.45, 7) is 0.386. The summed E-state index contributed by atoms with van der Waals surface area (Å²) in [6.07, 6.45) is -4.29. The van der Waals surface area contributed by atoms with Crippen molar-refractivity contribution in [2.75, 3.05) is 13.2 Å². The van der Waals surface area contributed by atoms with Gasteiger partial charge in [-0.3, -0.25) is 9.59 Å². The fourth-order valence-electron chi connectivity index (χ4n) is 1.32. The van der Waals surface area contributed by atoms with E-state index in [1.54, 1.807) is 0 Å². The zero-order valence-corrected chi connectivity index (χ0v) is 10.9. The van der Waals surface area contributed by atoms with Gasteiger partial charge in [-0.25, -0.2) is 0 Å². The smallest absolute Gasteiger partial charge is 0.323 e. The topological polar surface area (TPSA) is 69.7 Å². The normalized spacial score (nSPS) is 16.5. The molecular formula is C13H22O5. The molecular weight excluding hydrogens is 236 g/mol. The molecule has 5 heteroatoms. The molecule has 0 fully saturated rings. The van der Waals surface area contributed by atoms with Gasteiger partial charge in [-0.05, 0) is 33.6 Å². The molecule has 0 aliphatic carbocycles. The highest BCUT2D eigenvalue weighted by Crippen LogP contribution is 2.32. The van der Waals surface area contributed by atoms with Crippen molar-refractivity contribution in [3.63, 3.8) is 0 Å².